The normalized spacial score (nSPS) is 17.1. The van der Waals surface area contributed by atoms with Crippen molar-refractivity contribution in [2.45, 2.75) is 44.7 Å². The Bertz CT molecular complexity index is 453. The molecule has 1 aliphatic rings. The molecule has 110 valence electrons. The summed E-state index contributed by atoms with van der Waals surface area (Å²) in [5.41, 5.74) is 0.612. The lowest BCUT2D eigenvalue weighted by atomic mass is 10.0. The summed E-state index contributed by atoms with van der Waals surface area (Å²) in [4.78, 5) is 12.2. The minimum atomic E-state index is -0.598. The number of benzene rings is 1. The van der Waals surface area contributed by atoms with Gasteiger partial charge in [0.1, 0.15) is 6.04 Å². The molecular weight excluding hydrogens is 297 g/mol. The number of nitrogens with one attached hydrogen (secondary N) is 1. The summed E-state index contributed by atoms with van der Waals surface area (Å²) in [5.74, 6) is -0.325. The third-order valence-electron chi connectivity index (χ3n) is 3.57. The lowest BCUT2D eigenvalue weighted by Crippen LogP contribution is -2.36. The molecule has 0 saturated heterocycles. The van der Waals surface area contributed by atoms with E-state index in [2.05, 4.69) is 5.32 Å². The van der Waals surface area contributed by atoms with E-state index in [-0.39, 0.29) is 5.97 Å². The Morgan fingerprint density at radius 3 is 2.50 bits per heavy atom. The van der Waals surface area contributed by atoms with Gasteiger partial charge in [-0.3, -0.25) is 5.32 Å². The van der Waals surface area contributed by atoms with Crippen molar-refractivity contribution in [3.63, 3.8) is 0 Å². The molecule has 0 aliphatic heterocycles. The van der Waals surface area contributed by atoms with Crippen LogP contribution < -0.4 is 5.32 Å². The maximum absolute atomic E-state index is 12.2. The van der Waals surface area contributed by atoms with E-state index >= 15 is 0 Å². The molecule has 1 unspecified atom stereocenters. The highest BCUT2D eigenvalue weighted by molar-refractivity contribution is 6.36. The average molecular weight is 316 g/mol. The summed E-state index contributed by atoms with van der Waals surface area (Å²) in [6.45, 7) is 2.13. The number of rotatable bonds is 5. The molecule has 5 heteroatoms. The Labute approximate surface area is 129 Å². The predicted octanol–water partition coefficient (Wildman–Crippen LogP) is 4.13. The van der Waals surface area contributed by atoms with Crippen LogP contribution in [0.4, 0.5) is 0 Å². The third-order valence-corrected chi connectivity index (χ3v) is 4.23. The van der Waals surface area contributed by atoms with Gasteiger partial charge in [-0.2, -0.15) is 0 Å². The molecule has 0 radical (unpaired) electrons. The number of hydrogen-bond acceptors (Lipinski definition) is 3. The Morgan fingerprint density at radius 1 is 1.35 bits per heavy atom. The van der Waals surface area contributed by atoms with Crippen LogP contribution in [0.25, 0.3) is 0 Å². The molecule has 3 nitrogen and oxygen atoms in total. The largest absolute Gasteiger partial charge is 0.465 e. The molecule has 0 aromatic heterocycles. The Hall–Kier alpha value is -0.770. The highest BCUT2D eigenvalue weighted by atomic mass is 35.5. The first kappa shape index (κ1) is 15.6. The first-order valence-electron chi connectivity index (χ1n) is 7.00. The fourth-order valence-electron chi connectivity index (χ4n) is 2.61. The van der Waals surface area contributed by atoms with Gasteiger partial charge in [0, 0.05) is 21.7 Å². The zero-order valence-corrected chi connectivity index (χ0v) is 13.0. The topological polar surface area (TPSA) is 38.3 Å². The molecule has 1 aliphatic carbocycles. The van der Waals surface area contributed by atoms with Crippen LogP contribution >= 0.6 is 23.2 Å². The second-order valence-corrected chi connectivity index (χ2v) is 5.78. The van der Waals surface area contributed by atoms with Gasteiger partial charge in [0.05, 0.1) is 6.61 Å². The van der Waals surface area contributed by atoms with Gasteiger partial charge < -0.3 is 4.74 Å². The van der Waals surface area contributed by atoms with E-state index in [1.807, 2.05) is 0 Å². The van der Waals surface area contributed by atoms with E-state index in [1.165, 1.54) is 12.8 Å². The monoisotopic (exact) mass is 315 g/mol. The van der Waals surface area contributed by atoms with Crippen molar-refractivity contribution >= 4 is 29.2 Å². The second-order valence-electron chi connectivity index (χ2n) is 4.97. The van der Waals surface area contributed by atoms with Crippen molar-refractivity contribution in [1.29, 1.82) is 0 Å². The van der Waals surface area contributed by atoms with Crippen molar-refractivity contribution in [3.8, 4) is 0 Å². The van der Waals surface area contributed by atoms with Gasteiger partial charge in [0.25, 0.3) is 0 Å². The molecule has 20 heavy (non-hydrogen) atoms. The first-order chi connectivity index (χ1) is 9.63. The van der Waals surface area contributed by atoms with Gasteiger partial charge in [0.15, 0.2) is 0 Å². The van der Waals surface area contributed by atoms with Gasteiger partial charge in [-0.1, -0.05) is 42.1 Å². The second kappa shape index (κ2) is 7.30. The summed E-state index contributed by atoms with van der Waals surface area (Å²) in [7, 11) is 0. The molecule has 1 aromatic rings. The molecule has 1 saturated carbocycles. The summed E-state index contributed by atoms with van der Waals surface area (Å²) < 4.78 is 5.16. The fraction of sp³-hybridized carbons (Fsp3) is 0.533. The zero-order chi connectivity index (χ0) is 14.5. The Balaban J connectivity index is 2.27. The van der Waals surface area contributed by atoms with E-state index in [0.717, 1.165) is 12.8 Å². The summed E-state index contributed by atoms with van der Waals surface area (Å²) in [6.07, 6.45) is 4.50. The maximum atomic E-state index is 12.2. The van der Waals surface area contributed by atoms with Gasteiger partial charge in [0.2, 0.25) is 0 Å². The minimum absolute atomic E-state index is 0.316. The molecule has 1 fully saturated rings. The molecule has 2 rings (SSSR count). The van der Waals surface area contributed by atoms with Crippen LogP contribution in [-0.2, 0) is 9.53 Å². The molecule has 0 spiro atoms. The number of carbonyl (C=O) groups excluding carboxylic acids is 1. The number of carbonyl (C=O) groups is 1. The fourth-order valence-corrected chi connectivity index (χ4v) is 3.23. The molecule has 1 aromatic carbocycles. The number of hydrogen-bond donors (Lipinski definition) is 1. The van der Waals surface area contributed by atoms with Crippen LogP contribution in [0.15, 0.2) is 18.2 Å². The van der Waals surface area contributed by atoms with Crippen LogP contribution in [0.1, 0.15) is 44.2 Å². The molecule has 1 N–H and O–H groups in total. The molecular formula is C15H19Cl2NO2. The van der Waals surface area contributed by atoms with Crippen molar-refractivity contribution in [1.82, 2.24) is 5.32 Å². The quantitative estimate of drug-likeness (QED) is 0.830. The number of halogens is 2. The van der Waals surface area contributed by atoms with Crippen LogP contribution in [0.5, 0.6) is 0 Å². The SMILES string of the molecule is CCOC(=O)C(NC1CCCC1)c1c(Cl)cccc1Cl. The van der Waals surface area contributed by atoms with Crippen molar-refractivity contribution in [2.24, 2.45) is 0 Å². The van der Waals surface area contributed by atoms with E-state index in [9.17, 15) is 4.79 Å². The first-order valence-corrected chi connectivity index (χ1v) is 7.75. The highest BCUT2D eigenvalue weighted by Gasteiger charge is 2.29. The molecule has 1 atom stereocenters. The Morgan fingerprint density at radius 2 is 1.95 bits per heavy atom. The smallest absolute Gasteiger partial charge is 0.327 e. The van der Waals surface area contributed by atoms with Gasteiger partial charge >= 0.3 is 5.97 Å². The van der Waals surface area contributed by atoms with Gasteiger partial charge in [-0.25, -0.2) is 4.79 Å². The molecule has 0 amide bonds. The van der Waals surface area contributed by atoms with E-state index < -0.39 is 6.04 Å². The van der Waals surface area contributed by atoms with Crippen LogP contribution in [-0.4, -0.2) is 18.6 Å². The van der Waals surface area contributed by atoms with Crippen LogP contribution in [0.2, 0.25) is 10.0 Å². The van der Waals surface area contributed by atoms with Crippen molar-refractivity contribution in [3.05, 3.63) is 33.8 Å². The third kappa shape index (κ3) is 3.66. The molecule has 0 bridgehead atoms. The summed E-state index contributed by atoms with van der Waals surface area (Å²) in [6, 6.07) is 4.97. The summed E-state index contributed by atoms with van der Waals surface area (Å²) >= 11 is 12.4. The highest BCUT2D eigenvalue weighted by Crippen LogP contribution is 2.32. The predicted molar refractivity (Wildman–Crippen MR) is 81.2 cm³/mol. The van der Waals surface area contributed by atoms with Crippen LogP contribution in [0.3, 0.4) is 0 Å². The standard InChI is InChI=1S/C15H19Cl2NO2/c1-2-20-15(19)14(18-10-6-3-4-7-10)13-11(16)8-5-9-12(13)17/h5,8-10,14,18H,2-4,6-7H2,1H3. The summed E-state index contributed by atoms with van der Waals surface area (Å²) in [5, 5.41) is 4.33. The van der Waals surface area contributed by atoms with E-state index in [0.29, 0.717) is 28.3 Å². The minimum Gasteiger partial charge on any atom is -0.465 e. The van der Waals surface area contributed by atoms with E-state index in [4.69, 9.17) is 27.9 Å². The van der Waals surface area contributed by atoms with E-state index in [1.54, 1.807) is 25.1 Å². The van der Waals surface area contributed by atoms with Crippen molar-refractivity contribution < 1.29 is 9.53 Å². The average Bonchev–Trinajstić information content (AvgIpc) is 2.90. The van der Waals surface area contributed by atoms with Gasteiger partial charge in [-0.15, -0.1) is 0 Å². The van der Waals surface area contributed by atoms with Crippen LogP contribution in [0, 0.1) is 0 Å². The number of ether oxygens (including phenoxy) is 1. The van der Waals surface area contributed by atoms with Gasteiger partial charge in [-0.05, 0) is 31.9 Å². The number of esters is 1. The zero-order valence-electron chi connectivity index (χ0n) is 11.5. The lowest BCUT2D eigenvalue weighted by Gasteiger charge is -2.23. The van der Waals surface area contributed by atoms with Crippen molar-refractivity contribution in [2.75, 3.05) is 6.61 Å². The molecule has 0 heterocycles. The lowest BCUT2D eigenvalue weighted by molar-refractivity contribution is -0.146. The Kier molecular flexibility index (Phi) is 5.70. The maximum Gasteiger partial charge on any atom is 0.327 e.